The van der Waals surface area contributed by atoms with E-state index in [-0.39, 0.29) is 5.78 Å². The maximum atomic E-state index is 12.8. The number of ether oxygens (including phenoxy) is 2. The zero-order chi connectivity index (χ0) is 18.0. The predicted octanol–water partition coefficient (Wildman–Crippen LogP) is 5.04. The number of hydrogen-bond acceptors (Lipinski definition) is 3. The number of aryl methyl sites for hydroxylation is 2. The number of ketones is 1. The second kappa shape index (κ2) is 6.60. The number of Topliss-reactive ketones (excluding diaryl/α,β-unsaturated/α-hetero) is 1. The van der Waals surface area contributed by atoms with Crippen LogP contribution in [0.15, 0.2) is 60.0 Å². The molecule has 1 aliphatic heterocycles. The fourth-order valence-corrected chi connectivity index (χ4v) is 2.58. The molecule has 1 aliphatic rings. The first-order chi connectivity index (χ1) is 11.8. The molecule has 0 bridgehead atoms. The molecule has 3 nitrogen and oxygen atoms in total. The summed E-state index contributed by atoms with van der Waals surface area (Å²) in [6, 6.07) is 15.9. The summed E-state index contributed by atoms with van der Waals surface area (Å²) in [6.45, 7) is 7.65. The molecule has 3 rings (SSSR count). The molecule has 3 heteroatoms. The number of hydrogen-bond donors (Lipinski definition) is 0. The Balaban J connectivity index is 1.96. The van der Waals surface area contributed by atoms with Gasteiger partial charge in [-0.1, -0.05) is 59.7 Å². The summed E-state index contributed by atoms with van der Waals surface area (Å²) in [7, 11) is 0. The van der Waals surface area contributed by atoms with Gasteiger partial charge in [-0.2, -0.15) is 0 Å². The predicted molar refractivity (Wildman–Crippen MR) is 99.6 cm³/mol. The van der Waals surface area contributed by atoms with Crippen LogP contribution in [0, 0.1) is 13.8 Å². The van der Waals surface area contributed by atoms with Crippen molar-refractivity contribution in [3.63, 3.8) is 0 Å². The summed E-state index contributed by atoms with van der Waals surface area (Å²) in [6.07, 6.45) is 3.52. The molecule has 128 valence electrons. The van der Waals surface area contributed by atoms with Gasteiger partial charge in [-0.15, -0.1) is 0 Å². The van der Waals surface area contributed by atoms with E-state index in [4.69, 9.17) is 9.47 Å². The lowest BCUT2D eigenvalue weighted by Gasteiger charge is -2.33. The van der Waals surface area contributed by atoms with Crippen molar-refractivity contribution in [2.24, 2.45) is 0 Å². The van der Waals surface area contributed by atoms with Crippen molar-refractivity contribution in [2.75, 3.05) is 0 Å². The highest BCUT2D eigenvalue weighted by atomic mass is 16.7. The molecule has 25 heavy (non-hydrogen) atoms. The SMILES string of the molecule is Cc1ccc(/C=C2\OC(C)(C)O/C(=C\c3ccc(C)cc3)C2=O)cc1. The molecule has 0 saturated carbocycles. The van der Waals surface area contributed by atoms with Gasteiger partial charge in [-0.3, -0.25) is 4.79 Å². The maximum absolute atomic E-state index is 12.8. The third-order valence-electron chi connectivity index (χ3n) is 3.91. The molecule has 0 amide bonds. The van der Waals surface area contributed by atoms with Crippen LogP contribution in [0.4, 0.5) is 0 Å². The van der Waals surface area contributed by atoms with Crippen LogP contribution in [0.25, 0.3) is 12.2 Å². The molecular formula is C22H22O3. The lowest BCUT2D eigenvalue weighted by molar-refractivity contribution is -0.189. The molecule has 0 spiro atoms. The summed E-state index contributed by atoms with van der Waals surface area (Å²) in [5.74, 6) is -0.571. The minimum absolute atomic E-state index is 0.250. The molecule has 2 aromatic carbocycles. The normalized spacial score (nSPS) is 19.6. The quantitative estimate of drug-likeness (QED) is 0.722. The number of carbonyl (C=O) groups excluding carboxylic acids is 1. The Morgan fingerprint density at radius 1 is 0.720 bits per heavy atom. The molecule has 0 unspecified atom stereocenters. The van der Waals surface area contributed by atoms with Gasteiger partial charge in [-0.25, -0.2) is 0 Å². The van der Waals surface area contributed by atoms with Crippen molar-refractivity contribution in [1.29, 1.82) is 0 Å². The summed E-state index contributed by atoms with van der Waals surface area (Å²) in [4.78, 5) is 12.8. The molecule has 1 saturated heterocycles. The Bertz CT molecular complexity index is 768. The van der Waals surface area contributed by atoms with E-state index in [0.29, 0.717) is 11.5 Å². The van der Waals surface area contributed by atoms with Crippen molar-refractivity contribution in [3.05, 3.63) is 82.3 Å². The van der Waals surface area contributed by atoms with Gasteiger partial charge < -0.3 is 9.47 Å². The van der Waals surface area contributed by atoms with Crippen LogP contribution in [0.5, 0.6) is 0 Å². The zero-order valence-corrected chi connectivity index (χ0v) is 15.0. The van der Waals surface area contributed by atoms with Crippen molar-refractivity contribution in [3.8, 4) is 0 Å². The highest BCUT2D eigenvalue weighted by molar-refractivity contribution is 6.11. The number of benzene rings is 2. The minimum Gasteiger partial charge on any atom is -0.449 e. The van der Waals surface area contributed by atoms with E-state index in [0.717, 1.165) is 11.1 Å². The molecule has 1 fully saturated rings. The van der Waals surface area contributed by atoms with Crippen molar-refractivity contribution in [2.45, 2.75) is 33.5 Å². The molecule has 2 aromatic rings. The maximum Gasteiger partial charge on any atom is 0.262 e. The van der Waals surface area contributed by atoms with Gasteiger partial charge in [0.2, 0.25) is 5.79 Å². The van der Waals surface area contributed by atoms with Gasteiger partial charge in [0.05, 0.1) is 0 Å². The Morgan fingerprint density at radius 2 is 1.08 bits per heavy atom. The third-order valence-corrected chi connectivity index (χ3v) is 3.91. The van der Waals surface area contributed by atoms with E-state index in [9.17, 15) is 4.79 Å². The second-order valence-electron chi connectivity index (χ2n) is 6.77. The zero-order valence-electron chi connectivity index (χ0n) is 15.0. The highest BCUT2D eigenvalue weighted by Gasteiger charge is 2.36. The largest absolute Gasteiger partial charge is 0.449 e. The van der Waals surface area contributed by atoms with Crippen LogP contribution in [-0.4, -0.2) is 11.6 Å². The Labute approximate surface area is 148 Å². The first kappa shape index (κ1) is 17.0. The van der Waals surface area contributed by atoms with E-state index in [2.05, 4.69) is 0 Å². The summed E-state index contributed by atoms with van der Waals surface area (Å²) in [5, 5.41) is 0. The lowest BCUT2D eigenvalue weighted by atomic mass is 10.1. The summed E-state index contributed by atoms with van der Waals surface area (Å²) < 4.78 is 11.5. The van der Waals surface area contributed by atoms with Crippen molar-refractivity contribution in [1.82, 2.24) is 0 Å². The standard InChI is InChI=1S/C22H22O3/c1-15-5-9-17(10-6-15)13-19-21(23)20(25-22(3,4)24-19)14-18-11-7-16(2)8-12-18/h5-14H,1-4H3/b19-13-,20-14-. The summed E-state index contributed by atoms with van der Waals surface area (Å²) in [5.41, 5.74) is 4.17. The van der Waals surface area contributed by atoms with Gasteiger partial charge >= 0.3 is 0 Å². The van der Waals surface area contributed by atoms with Gasteiger partial charge in [-0.05, 0) is 37.1 Å². The monoisotopic (exact) mass is 334 g/mol. The van der Waals surface area contributed by atoms with E-state index in [1.54, 1.807) is 26.0 Å². The average Bonchev–Trinajstić information content (AvgIpc) is 2.55. The fourth-order valence-electron chi connectivity index (χ4n) is 2.58. The lowest BCUT2D eigenvalue weighted by Crippen LogP contribution is -2.36. The molecule has 0 N–H and O–H groups in total. The van der Waals surface area contributed by atoms with Crippen LogP contribution in [0.3, 0.4) is 0 Å². The van der Waals surface area contributed by atoms with Crippen LogP contribution in [0.1, 0.15) is 36.1 Å². The Kier molecular flexibility index (Phi) is 4.49. The van der Waals surface area contributed by atoms with E-state index >= 15 is 0 Å². The van der Waals surface area contributed by atoms with Gasteiger partial charge in [0.1, 0.15) is 0 Å². The van der Waals surface area contributed by atoms with Crippen molar-refractivity contribution >= 4 is 17.9 Å². The van der Waals surface area contributed by atoms with Gasteiger partial charge in [0.15, 0.2) is 11.5 Å². The molecule has 0 aromatic heterocycles. The molecule has 0 atom stereocenters. The van der Waals surface area contributed by atoms with Gasteiger partial charge in [0, 0.05) is 13.8 Å². The molecule has 0 aliphatic carbocycles. The molecular weight excluding hydrogens is 312 g/mol. The topological polar surface area (TPSA) is 35.5 Å². The first-order valence-electron chi connectivity index (χ1n) is 8.32. The Hall–Kier alpha value is -2.81. The van der Waals surface area contributed by atoms with Crippen LogP contribution >= 0.6 is 0 Å². The molecule has 1 heterocycles. The molecule has 0 radical (unpaired) electrons. The van der Waals surface area contributed by atoms with Gasteiger partial charge in [0.25, 0.3) is 5.78 Å². The fraction of sp³-hybridized carbons (Fsp3) is 0.227. The minimum atomic E-state index is -0.902. The smallest absolute Gasteiger partial charge is 0.262 e. The first-order valence-corrected chi connectivity index (χ1v) is 8.32. The summed E-state index contributed by atoms with van der Waals surface area (Å²) >= 11 is 0. The van der Waals surface area contributed by atoms with Crippen LogP contribution in [0.2, 0.25) is 0 Å². The van der Waals surface area contributed by atoms with E-state index in [1.807, 2.05) is 62.4 Å². The van der Waals surface area contributed by atoms with E-state index in [1.165, 1.54) is 11.1 Å². The number of rotatable bonds is 2. The second-order valence-corrected chi connectivity index (χ2v) is 6.77. The van der Waals surface area contributed by atoms with E-state index < -0.39 is 5.79 Å². The third kappa shape index (κ3) is 4.18. The van der Waals surface area contributed by atoms with Crippen LogP contribution < -0.4 is 0 Å². The van der Waals surface area contributed by atoms with Crippen molar-refractivity contribution < 1.29 is 14.3 Å². The van der Waals surface area contributed by atoms with Crippen LogP contribution in [-0.2, 0) is 14.3 Å². The average molecular weight is 334 g/mol. The Morgan fingerprint density at radius 3 is 1.44 bits per heavy atom. The highest BCUT2D eigenvalue weighted by Crippen LogP contribution is 2.31. The number of carbonyl (C=O) groups is 1.